The van der Waals surface area contributed by atoms with Crippen LogP contribution in [0.4, 0.5) is 0 Å². The Morgan fingerprint density at radius 2 is 2.00 bits per heavy atom. The van der Waals surface area contributed by atoms with E-state index in [1.54, 1.807) is 7.11 Å². The fourth-order valence-electron chi connectivity index (χ4n) is 1.82. The molecule has 0 aliphatic carbocycles. The minimum absolute atomic E-state index is 0.0211. The van der Waals surface area contributed by atoms with Crippen molar-refractivity contribution in [3.8, 4) is 0 Å². The molecule has 0 heterocycles. The zero-order valence-corrected chi connectivity index (χ0v) is 11.1. The van der Waals surface area contributed by atoms with E-state index >= 15 is 0 Å². The Bertz CT molecular complexity index is 331. The minimum atomic E-state index is -1.02. The lowest BCUT2D eigenvalue weighted by molar-refractivity contribution is -0.0338. The number of rotatable bonds is 8. The average Bonchev–Trinajstić information content (AvgIpc) is 2.40. The van der Waals surface area contributed by atoms with E-state index in [0.717, 1.165) is 5.56 Å². The first-order chi connectivity index (χ1) is 8.62. The number of benzene rings is 1. The second kappa shape index (κ2) is 7.48. The molecule has 0 fully saturated rings. The number of methoxy groups -OCH3 is 1. The molecule has 0 aliphatic heterocycles. The largest absolute Gasteiger partial charge is 0.384 e. The normalized spacial score (nSPS) is 16.2. The van der Waals surface area contributed by atoms with Crippen LogP contribution < -0.4 is 5.73 Å². The van der Waals surface area contributed by atoms with Crippen LogP contribution in [0.15, 0.2) is 30.3 Å². The Balaban J connectivity index is 2.51. The predicted molar refractivity (Wildman–Crippen MR) is 71.3 cm³/mol. The van der Waals surface area contributed by atoms with Crippen molar-refractivity contribution in [3.63, 3.8) is 0 Å². The topological polar surface area (TPSA) is 64.7 Å². The molecule has 0 aliphatic rings. The van der Waals surface area contributed by atoms with Gasteiger partial charge in [-0.3, -0.25) is 0 Å². The van der Waals surface area contributed by atoms with Gasteiger partial charge in [-0.2, -0.15) is 0 Å². The fraction of sp³-hybridized carbons (Fsp3) is 0.571. The third-order valence-electron chi connectivity index (χ3n) is 2.97. The van der Waals surface area contributed by atoms with Gasteiger partial charge in [-0.15, -0.1) is 0 Å². The van der Waals surface area contributed by atoms with E-state index in [-0.39, 0.29) is 12.6 Å². The molecule has 0 amide bonds. The predicted octanol–water partition coefficient (Wildman–Crippen LogP) is 1.27. The van der Waals surface area contributed by atoms with Gasteiger partial charge in [0.05, 0.1) is 19.3 Å². The first-order valence-corrected chi connectivity index (χ1v) is 6.21. The van der Waals surface area contributed by atoms with E-state index in [0.29, 0.717) is 19.6 Å². The van der Waals surface area contributed by atoms with Crippen LogP contribution in [-0.4, -0.2) is 38.1 Å². The zero-order chi connectivity index (χ0) is 13.4. The summed E-state index contributed by atoms with van der Waals surface area (Å²) in [5, 5.41) is 10.5. The minimum Gasteiger partial charge on any atom is -0.384 e. The van der Waals surface area contributed by atoms with Gasteiger partial charge in [-0.25, -0.2) is 0 Å². The van der Waals surface area contributed by atoms with E-state index in [2.05, 4.69) is 0 Å². The highest BCUT2D eigenvalue weighted by Gasteiger charge is 2.27. The van der Waals surface area contributed by atoms with E-state index in [1.165, 1.54) is 0 Å². The van der Waals surface area contributed by atoms with Crippen molar-refractivity contribution in [1.29, 1.82) is 0 Å². The second-order valence-corrected chi connectivity index (χ2v) is 4.49. The third-order valence-corrected chi connectivity index (χ3v) is 2.97. The van der Waals surface area contributed by atoms with Gasteiger partial charge in [-0.1, -0.05) is 30.3 Å². The maximum Gasteiger partial charge on any atom is 0.104 e. The number of nitrogens with two attached hydrogens (primary N) is 1. The summed E-state index contributed by atoms with van der Waals surface area (Å²) in [7, 11) is 1.64. The van der Waals surface area contributed by atoms with E-state index in [4.69, 9.17) is 15.2 Å². The highest BCUT2D eigenvalue weighted by molar-refractivity contribution is 5.22. The second-order valence-electron chi connectivity index (χ2n) is 4.49. The van der Waals surface area contributed by atoms with Crippen LogP contribution in [-0.2, 0) is 15.1 Å². The first kappa shape index (κ1) is 15.1. The Kier molecular flexibility index (Phi) is 6.29. The summed E-state index contributed by atoms with van der Waals surface area (Å²) in [6, 6.07) is 9.46. The molecule has 2 unspecified atom stereocenters. The lowest BCUT2D eigenvalue weighted by Crippen LogP contribution is -2.36. The summed E-state index contributed by atoms with van der Waals surface area (Å²) >= 11 is 0. The third kappa shape index (κ3) is 4.38. The smallest absolute Gasteiger partial charge is 0.104 e. The zero-order valence-electron chi connectivity index (χ0n) is 11.1. The van der Waals surface area contributed by atoms with Gasteiger partial charge in [-0.05, 0) is 12.5 Å². The van der Waals surface area contributed by atoms with Gasteiger partial charge in [0.25, 0.3) is 0 Å². The van der Waals surface area contributed by atoms with Crippen LogP contribution in [0.5, 0.6) is 0 Å². The van der Waals surface area contributed by atoms with Gasteiger partial charge in [0.2, 0.25) is 0 Å². The Hall–Kier alpha value is -0.940. The molecule has 0 saturated heterocycles. The molecule has 2 atom stereocenters. The van der Waals surface area contributed by atoms with Crippen molar-refractivity contribution in [3.05, 3.63) is 35.9 Å². The molecule has 4 heteroatoms. The maximum atomic E-state index is 10.5. The van der Waals surface area contributed by atoms with E-state index in [9.17, 15) is 5.11 Å². The Labute approximate surface area is 109 Å². The van der Waals surface area contributed by atoms with Gasteiger partial charge in [0.15, 0.2) is 0 Å². The van der Waals surface area contributed by atoms with Crippen LogP contribution in [0, 0.1) is 0 Å². The van der Waals surface area contributed by atoms with Crippen molar-refractivity contribution < 1.29 is 14.6 Å². The Morgan fingerprint density at radius 1 is 1.33 bits per heavy atom. The fourth-order valence-corrected chi connectivity index (χ4v) is 1.82. The molecular weight excluding hydrogens is 230 g/mol. The SMILES string of the molecule is COCC(C)OCCC(O)(CN)c1ccccc1. The van der Waals surface area contributed by atoms with Crippen LogP contribution in [0.25, 0.3) is 0 Å². The standard InChI is InChI=1S/C14H23NO3/c1-12(10-17-2)18-9-8-14(16,11-15)13-6-4-3-5-7-13/h3-7,12,16H,8-11,15H2,1-2H3. The van der Waals surface area contributed by atoms with Crippen molar-refractivity contribution >= 4 is 0 Å². The summed E-state index contributed by atoms with van der Waals surface area (Å²) in [6.07, 6.45) is 0.495. The molecule has 1 rings (SSSR count). The molecule has 0 bridgehead atoms. The molecule has 102 valence electrons. The molecule has 0 saturated carbocycles. The van der Waals surface area contributed by atoms with E-state index in [1.807, 2.05) is 37.3 Å². The van der Waals surface area contributed by atoms with Crippen LogP contribution in [0.3, 0.4) is 0 Å². The lowest BCUT2D eigenvalue weighted by Gasteiger charge is -2.27. The van der Waals surface area contributed by atoms with Gasteiger partial charge in [0.1, 0.15) is 5.60 Å². The van der Waals surface area contributed by atoms with Crippen molar-refractivity contribution in [2.75, 3.05) is 26.9 Å². The molecule has 4 nitrogen and oxygen atoms in total. The van der Waals surface area contributed by atoms with Gasteiger partial charge < -0.3 is 20.3 Å². The van der Waals surface area contributed by atoms with Crippen LogP contribution >= 0.6 is 0 Å². The van der Waals surface area contributed by atoms with Gasteiger partial charge >= 0.3 is 0 Å². The molecule has 0 aromatic heterocycles. The average molecular weight is 253 g/mol. The monoisotopic (exact) mass is 253 g/mol. The summed E-state index contributed by atoms with van der Waals surface area (Å²) < 4.78 is 10.5. The maximum absolute atomic E-state index is 10.5. The van der Waals surface area contributed by atoms with Crippen molar-refractivity contribution in [2.24, 2.45) is 5.73 Å². The highest BCUT2D eigenvalue weighted by atomic mass is 16.5. The molecule has 1 aromatic carbocycles. The van der Waals surface area contributed by atoms with Crippen LogP contribution in [0.2, 0.25) is 0 Å². The van der Waals surface area contributed by atoms with Gasteiger partial charge in [0, 0.05) is 20.1 Å². The number of hydrogen-bond acceptors (Lipinski definition) is 4. The number of ether oxygens (including phenoxy) is 2. The molecule has 1 aromatic rings. The quantitative estimate of drug-likeness (QED) is 0.732. The number of hydrogen-bond donors (Lipinski definition) is 2. The van der Waals surface area contributed by atoms with Crippen LogP contribution in [0.1, 0.15) is 18.9 Å². The first-order valence-electron chi connectivity index (χ1n) is 6.21. The van der Waals surface area contributed by atoms with Crippen molar-refractivity contribution in [2.45, 2.75) is 25.0 Å². The molecule has 3 N–H and O–H groups in total. The van der Waals surface area contributed by atoms with Crippen molar-refractivity contribution in [1.82, 2.24) is 0 Å². The highest BCUT2D eigenvalue weighted by Crippen LogP contribution is 2.23. The summed E-state index contributed by atoms with van der Waals surface area (Å²) in [6.45, 7) is 3.12. The molecular formula is C14H23NO3. The summed E-state index contributed by atoms with van der Waals surface area (Å²) in [5.41, 5.74) is 5.49. The summed E-state index contributed by atoms with van der Waals surface area (Å²) in [5.74, 6) is 0. The molecule has 18 heavy (non-hydrogen) atoms. The van der Waals surface area contributed by atoms with E-state index < -0.39 is 5.60 Å². The molecule has 0 spiro atoms. The molecule has 0 radical (unpaired) electrons. The Morgan fingerprint density at radius 3 is 2.56 bits per heavy atom. The summed E-state index contributed by atoms with van der Waals surface area (Å²) in [4.78, 5) is 0. The lowest BCUT2D eigenvalue weighted by atomic mass is 9.91. The number of aliphatic hydroxyl groups is 1.